The maximum Gasteiger partial charge on any atom is 0.263 e. The number of benzene rings is 1. The largest absolute Gasteiger partial charge is 0.481 e. The molecule has 1 aliphatic rings. The van der Waals surface area contributed by atoms with E-state index in [4.69, 9.17) is 10.5 Å². The number of hydrogen-bond donors (Lipinski definition) is 1. The van der Waals surface area contributed by atoms with Crippen molar-refractivity contribution >= 4 is 18.3 Å². The molecule has 0 radical (unpaired) electrons. The van der Waals surface area contributed by atoms with E-state index >= 15 is 0 Å². The number of halogens is 3. The van der Waals surface area contributed by atoms with E-state index in [1.54, 1.807) is 11.8 Å². The van der Waals surface area contributed by atoms with Crippen molar-refractivity contribution in [1.29, 1.82) is 0 Å². The third-order valence-corrected chi connectivity index (χ3v) is 4.06. The van der Waals surface area contributed by atoms with E-state index in [9.17, 15) is 13.6 Å². The normalized spacial score (nSPS) is 20.4. The lowest BCUT2D eigenvalue weighted by Crippen LogP contribution is -2.48. The van der Waals surface area contributed by atoms with Crippen LogP contribution in [0.4, 0.5) is 8.78 Å². The van der Waals surface area contributed by atoms with Gasteiger partial charge in [-0.15, -0.1) is 12.4 Å². The predicted octanol–water partition coefficient (Wildman–Crippen LogP) is 2.74. The molecule has 0 spiro atoms. The van der Waals surface area contributed by atoms with E-state index in [-0.39, 0.29) is 36.0 Å². The van der Waals surface area contributed by atoms with Crippen LogP contribution in [0.5, 0.6) is 5.75 Å². The minimum absolute atomic E-state index is 0. The van der Waals surface area contributed by atoms with Gasteiger partial charge in [-0.1, -0.05) is 0 Å². The Morgan fingerprint density at radius 1 is 1.35 bits per heavy atom. The van der Waals surface area contributed by atoms with Gasteiger partial charge >= 0.3 is 0 Å². The van der Waals surface area contributed by atoms with Gasteiger partial charge in [0.1, 0.15) is 5.75 Å². The molecule has 0 bridgehead atoms. The molecule has 2 N–H and O–H groups in total. The summed E-state index contributed by atoms with van der Waals surface area (Å²) < 4.78 is 31.5. The summed E-state index contributed by atoms with van der Waals surface area (Å²) in [6, 6.07) is 3.27. The fourth-order valence-electron chi connectivity index (χ4n) is 2.70. The molecule has 4 nitrogen and oxygen atoms in total. The Morgan fingerprint density at radius 2 is 2.04 bits per heavy atom. The Labute approximate surface area is 141 Å². The van der Waals surface area contributed by atoms with Crippen LogP contribution in [0.3, 0.4) is 0 Å². The van der Waals surface area contributed by atoms with E-state index in [0.717, 1.165) is 25.0 Å². The number of rotatable bonds is 4. The van der Waals surface area contributed by atoms with Crippen molar-refractivity contribution in [2.75, 3.05) is 13.1 Å². The number of likely N-dealkylation sites (tertiary alicyclic amines) is 1. The minimum atomic E-state index is -0.993. The summed E-state index contributed by atoms with van der Waals surface area (Å²) >= 11 is 0. The van der Waals surface area contributed by atoms with Gasteiger partial charge in [-0.05, 0) is 44.7 Å². The molecule has 1 heterocycles. The molecule has 0 aromatic heterocycles. The summed E-state index contributed by atoms with van der Waals surface area (Å²) in [7, 11) is 0. The molecule has 130 valence electrons. The highest BCUT2D eigenvalue weighted by atomic mass is 35.5. The smallest absolute Gasteiger partial charge is 0.263 e. The summed E-state index contributed by atoms with van der Waals surface area (Å²) in [6.45, 7) is 4.84. The third kappa shape index (κ3) is 5.04. The number of amides is 1. The van der Waals surface area contributed by atoms with E-state index in [1.807, 2.05) is 6.92 Å². The van der Waals surface area contributed by atoms with Gasteiger partial charge in [0.15, 0.2) is 17.7 Å². The van der Waals surface area contributed by atoms with Crippen molar-refractivity contribution in [1.82, 2.24) is 4.90 Å². The Morgan fingerprint density at radius 3 is 2.65 bits per heavy atom. The third-order valence-electron chi connectivity index (χ3n) is 4.06. The van der Waals surface area contributed by atoms with Crippen molar-refractivity contribution in [3.63, 3.8) is 0 Å². The van der Waals surface area contributed by atoms with Gasteiger partial charge in [0.2, 0.25) is 0 Å². The van der Waals surface area contributed by atoms with Crippen LogP contribution >= 0.6 is 12.4 Å². The van der Waals surface area contributed by atoms with Crippen molar-refractivity contribution in [3.8, 4) is 5.75 Å². The Balaban J connectivity index is 0.00000264. The molecule has 0 saturated carbocycles. The Kier molecular flexibility index (Phi) is 7.22. The lowest BCUT2D eigenvalue weighted by atomic mass is 9.92. The molecule has 3 atom stereocenters. The van der Waals surface area contributed by atoms with Crippen molar-refractivity contribution in [3.05, 3.63) is 29.8 Å². The lowest BCUT2D eigenvalue weighted by Gasteiger charge is -2.35. The van der Waals surface area contributed by atoms with Gasteiger partial charge in [-0.3, -0.25) is 4.79 Å². The highest BCUT2D eigenvalue weighted by Gasteiger charge is 2.29. The van der Waals surface area contributed by atoms with Crippen LogP contribution in [0.15, 0.2) is 18.2 Å². The van der Waals surface area contributed by atoms with Gasteiger partial charge in [0.05, 0.1) is 0 Å². The summed E-state index contributed by atoms with van der Waals surface area (Å²) in [5.41, 5.74) is 5.91. The molecule has 1 aliphatic heterocycles. The predicted molar refractivity (Wildman–Crippen MR) is 86.6 cm³/mol. The standard InChI is InChI=1S/C16H22F2N2O2.ClH/c1-10(19)12-4-3-7-20(9-12)16(21)11(2)22-13-5-6-14(17)15(18)8-13;/h5-6,8,10-12H,3-4,7,9,19H2,1-2H3;1H. The Hall–Kier alpha value is -1.40. The summed E-state index contributed by atoms with van der Waals surface area (Å²) in [6.07, 6.45) is 1.17. The molecule has 2 rings (SSSR count). The minimum Gasteiger partial charge on any atom is -0.481 e. The van der Waals surface area contributed by atoms with Gasteiger partial charge in [0.25, 0.3) is 5.91 Å². The van der Waals surface area contributed by atoms with E-state index in [1.165, 1.54) is 6.07 Å². The molecule has 1 aromatic carbocycles. The summed E-state index contributed by atoms with van der Waals surface area (Å²) in [4.78, 5) is 14.2. The van der Waals surface area contributed by atoms with Crippen LogP contribution in [0.2, 0.25) is 0 Å². The number of nitrogens with two attached hydrogens (primary N) is 1. The molecule has 23 heavy (non-hydrogen) atoms. The summed E-state index contributed by atoms with van der Waals surface area (Å²) in [5, 5.41) is 0. The molecule has 3 unspecified atom stereocenters. The van der Waals surface area contributed by atoms with Gasteiger partial charge < -0.3 is 15.4 Å². The van der Waals surface area contributed by atoms with Gasteiger partial charge in [-0.25, -0.2) is 8.78 Å². The molecule has 7 heteroatoms. The first kappa shape index (κ1) is 19.6. The van der Waals surface area contributed by atoms with Gasteiger partial charge in [-0.2, -0.15) is 0 Å². The summed E-state index contributed by atoms with van der Waals surface area (Å²) in [5.74, 6) is -1.67. The fourth-order valence-corrected chi connectivity index (χ4v) is 2.70. The monoisotopic (exact) mass is 348 g/mol. The van der Waals surface area contributed by atoms with Crippen molar-refractivity contribution < 1.29 is 18.3 Å². The first-order chi connectivity index (χ1) is 10.4. The topological polar surface area (TPSA) is 55.6 Å². The quantitative estimate of drug-likeness (QED) is 0.910. The molecular weight excluding hydrogens is 326 g/mol. The fraction of sp³-hybridized carbons (Fsp3) is 0.562. The number of piperidine rings is 1. The highest BCUT2D eigenvalue weighted by molar-refractivity contribution is 5.85. The molecule has 1 aromatic rings. The maximum absolute atomic E-state index is 13.2. The lowest BCUT2D eigenvalue weighted by molar-refractivity contribution is -0.139. The second-order valence-electron chi connectivity index (χ2n) is 5.88. The second-order valence-corrected chi connectivity index (χ2v) is 5.88. The number of nitrogens with zero attached hydrogens (tertiary/aromatic N) is 1. The van der Waals surface area contributed by atoms with Crippen LogP contribution in [-0.4, -0.2) is 36.0 Å². The number of carbonyl (C=O) groups excluding carboxylic acids is 1. The van der Waals surface area contributed by atoms with E-state index in [2.05, 4.69) is 0 Å². The van der Waals surface area contributed by atoms with Gasteiger partial charge in [0, 0.05) is 25.2 Å². The average molecular weight is 349 g/mol. The van der Waals surface area contributed by atoms with Crippen LogP contribution in [0.25, 0.3) is 0 Å². The Bertz CT molecular complexity index is 543. The number of hydrogen-bond acceptors (Lipinski definition) is 3. The highest BCUT2D eigenvalue weighted by Crippen LogP contribution is 2.21. The first-order valence-electron chi connectivity index (χ1n) is 7.54. The van der Waals surface area contributed by atoms with Crippen LogP contribution in [-0.2, 0) is 4.79 Å². The maximum atomic E-state index is 13.2. The van der Waals surface area contributed by atoms with Crippen molar-refractivity contribution in [2.24, 2.45) is 11.7 Å². The van der Waals surface area contributed by atoms with E-state index in [0.29, 0.717) is 13.1 Å². The number of ether oxygens (including phenoxy) is 1. The molecule has 0 aliphatic carbocycles. The van der Waals surface area contributed by atoms with Crippen LogP contribution in [0, 0.1) is 17.6 Å². The van der Waals surface area contributed by atoms with E-state index < -0.39 is 17.7 Å². The average Bonchev–Trinajstić information content (AvgIpc) is 2.50. The van der Waals surface area contributed by atoms with Crippen molar-refractivity contribution in [2.45, 2.75) is 38.8 Å². The molecular formula is C16H23ClF2N2O2. The number of carbonyl (C=O) groups is 1. The zero-order valence-corrected chi connectivity index (χ0v) is 14.1. The molecule has 1 saturated heterocycles. The van der Waals surface area contributed by atoms with Crippen LogP contribution < -0.4 is 10.5 Å². The van der Waals surface area contributed by atoms with Crippen LogP contribution in [0.1, 0.15) is 26.7 Å². The molecule has 1 amide bonds. The zero-order valence-electron chi connectivity index (χ0n) is 13.3. The zero-order chi connectivity index (χ0) is 16.3. The first-order valence-corrected chi connectivity index (χ1v) is 7.54. The molecule has 1 fully saturated rings. The second kappa shape index (κ2) is 8.45. The SMILES string of the molecule is CC(Oc1ccc(F)c(F)c1)C(=O)N1CCCC(C(C)N)C1.Cl.